The van der Waals surface area contributed by atoms with Crippen LogP contribution in [0.3, 0.4) is 0 Å². The van der Waals surface area contributed by atoms with E-state index in [1.54, 1.807) is 14.2 Å². The van der Waals surface area contributed by atoms with Gasteiger partial charge in [-0.05, 0) is 85.9 Å². The molecule has 0 aromatic heterocycles. The lowest BCUT2D eigenvalue weighted by atomic mass is 9.84. The molecular weight excluding hydrogens is 370 g/mol. The smallest absolute Gasteiger partial charge is 0.137 e. The minimum Gasteiger partial charge on any atom is -0.496 e. The number of ether oxygens (including phenoxy) is 2. The lowest BCUT2D eigenvalue weighted by Gasteiger charge is -2.39. The van der Waals surface area contributed by atoms with E-state index < -0.39 is 0 Å². The minimum atomic E-state index is 0.596. The average Bonchev–Trinajstić information content (AvgIpc) is 2.93. The Kier molecular flexibility index (Phi) is 5.57. The fourth-order valence-corrected chi connectivity index (χ4v) is 5.37. The van der Waals surface area contributed by atoms with E-state index in [9.17, 15) is 0 Å². The van der Waals surface area contributed by atoms with Crippen LogP contribution in [0.1, 0.15) is 53.9 Å². The Morgan fingerprint density at radius 2 is 1.61 bits per heavy atom. The highest BCUT2D eigenvalue weighted by molar-refractivity contribution is 6.32. The number of fused-ring (bicyclic) bond motifs is 2. The maximum Gasteiger partial charge on any atom is 0.137 e. The van der Waals surface area contributed by atoms with E-state index in [-0.39, 0.29) is 0 Å². The van der Waals surface area contributed by atoms with Crippen molar-refractivity contribution in [3.63, 3.8) is 0 Å². The molecule has 4 heteroatoms. The molecule has 0 amide bonds. The topological polar surface area (TPSA) is 21.7 Å². The molecule has 2 fully saturated rings. The van der Waals surface area contributed by atoms with Crippen LogP contribution in [-0.2, 0) is 6.54 Å². The van der Waals surface area contributed by atoms with Crippen molar-refractivity contribution in [1.29, 1.82) is 0 Å². The van der Waals surface area contributed by atoms with Crippen molar-refractivity contribution in [3.8, 4) is 11.5 Å². The molecule has 2 aliphatic heterocycles. The monoisotopic (exact) mass is 399 g/mol. The van der Waals surface area contributed by atoms with E-state index >= 15 is 0 Å². The van der Waals surface area contributed by atoms with Crippen molar-refractivity contribution in [2.45, 2.75) is 64.1 Å². The summed E-state index contributed by atoms with van der Waals surface area (Å²) in [6.45, 7) is 5.43. The molecule has 0 aliphatic carbocycles. The molecule has 0 N–H and O–H groups in total. The van der Waals surface area contributed by atoms with E-state index in [2.05, 4.69) is 43.0 Å². The summed E-state index contributed by atoms with van der Waals surface area (Å²) in [6.07, 6.45) is 5.05. The lowest BCUT2D eigenvalue weighted by Crippen LogP contribution is -2.41. The SMILES string of the molecule is COc1cc(C2CC3CCC(C2)N3Cc2ccc(OC)c(C)c2C)ccc1Cl. The first kappa shape index (κ1) is 19.6. The predicted molar refractivity (Wildman–Crippen MR) is 115 cm³/mol. The van der Waals surface area contributed by atoms with Crippen LogP contribution in [0.2, 0.25) is 5.02 Å². The summed E-state index contributed by atoms with van der Waals surface area (Å²) in [7, 11) is 3.44. The third-order valence-electron chi connectivity index (χ3n) is 6.95. The quantitative estimate of drug-likeness (QED) is 0.626. The number of methoxy groups -OCH3 is 2. The van der Waals surface area contributed by atoms with Crippen molar-refractivity contribution in [2.24, 2.45) is 0 Å². The summed E-state index contributed by atoms with van der Waals surface area (Å²) in [4.78, 5) is 2.75. The molecular formula is C24H30ClNO2. The predicted octanol–water partition coefficient (Wildman–Crippen LogP) is 5.88. The van der Waals surface area contributed by atoms with E-state index in [0.29, 0.717) is 23.0 Å². The maximum absolute atomic E-state index is 6.23. The molecule has 0 spiro atoms. The molecule has 2 aromatic rings. The van der Waals surface area contributed by atoms with E-state index in [0.717, 1.165) is 18.0 Å². The maximum atomic E-state index is 6.23. The lowest BCUT2D eigenvalue weighted by molar-refractivity contribution is 0.118. The number of nitrogens with zero attached hydrogens (tertiary/aromatic N) is 1. The molecule has 0 radical (unpaired) electrons. The summed E-state index contributed by atoms with van der Waals surface area (Å²) < 4.78 is 10.9. The third kappa shape index (κ3) is 3.51. The minimum absolute atomic E-state index is 0.596. The highest BCUT2D eigenvalue weighted by Crippen LogP contribution is 2.45. The standard InChI is InChI=1S/C24H30ClNO2/c1-15-16(2)23(27-3)10-6-18(15)14-26-20-7-8-21(26)12-19(11-20)17-5-9-22(25)24(13-17)28-4/h5-6,9-10,13,19-21H,7-8,11-12,14H2,1-4H3. The molecule has 2 heterocycles. The highest BCUT2D eigenvalue weighted by Gasteiger charge is 2.41. The third-order valence-corrected chi connectivity index (χ3v) is 7.27. The molecule has 28 heavy (non-hydrogen) atoms. The van der Waals surface area contributed by atoms with Gasteiger partial charge in [0.1, 0.15) is 11.5 Å². The van der Waals surface area contributed by atoms with Gasteiger partial charge in [-0.25, -0.2) is 0 Å². The number of benzene rings is 2. The Morgan fingerprint density at radius 1 is 0.929 bits per heavy atom. The molecule has 2 atom stereocenters. The highest BCUT2D eigenvalue weighted by atomic mass is 35.5. The first-order valence-corrected chi connectivity index (χ1v) is 10.6. The van der Waals surface area contributed by atoms with Crippen molar-refractivity contribution < 1.29 is 9.47 Å². The summed E-state index contributed by atoms with van der Waals surface area (Å²) in [6, 6.07) is 12.0. The van der Waals surface area contributed by atoms with Gasteiger partial charge in [0.2, 0.25) is 0 Å². The van der Waals surface area contributed by atoms with Crippen LogP contribution in [0, 0.1) is 13.8 Å². The van der Waals surface area contributed by atoms with Gasteiger partial charge in [-0.1, -0.05) is 23.7 Å². The zero-order valence-corrected chi connectivity index (χ0v) is 18.1. The van der Waals surface area contributed by atoms with Gasteiger partial charge in [0.15, 0.2) is 0 Å². The van der Waals surface area contributed by atoms with Gasteiger partial charge >= 0.3 is 0 Å². The summed E-state index contributed by atoms with van der Waals surface area (Å²) in [5, 5.41) is 0.692. The summed E-state index contributed by atoms with van der Waals surface area (Å²) in [5.74, 6) is 2.37. The molecule has 2 bridgehead atoms. The van der Waals surface area contributed by atoms with Gasteiger partial charge in [-0.15, -0.1) is 0 Å². The Hall–Kier alpha value is -1.71. The second kappa shape index (κ2) is 7.96. The van der Waals surface area contributed by atoms with E-state index in [4.69, 9.17) is 21.1 Å². The number of hydrogen-bond acceptors (Lipinski definition) is 3. The van der Waals surface area contributed by atoms with Gasteiger partial charge in [-0.2, -0.15) is 0 Å². The molecule has 2 unspecified atom stereocenters. The molecule has 150 valence electrons. The Labute approximate surface area is 173 Å². The van der Waals surface area contributed by atoms with Crippen LogP contribution in [0.15, 0.2) is 30.3 Å². The van der Waals surface area contributed by atoms with Crippen molar-refractivity contribution >= 4 is 11.6 Å². The number of hydrogen-bond donors (Lipinski definition) is 0. The summed E-state index contributed by atoms with van der Waals surface area (Å²) >= 11 is 6.23. The second-order valence-corrected chi connectivity index (χ2v) is 8.70. The Balaban J connectivity index is 1.51. The zero-order valence-electron chi connectivity index (χ0n) is 17.3. The summed E-state index contributed by atoms with van der Waals surface area (Å²) in [5.41, 5.74) is 5.43. The first-order valence-electron chi connectivity index (χ1n) is 10.2. The fourth-order valence-electron chi connectivity index (χ4n) is 5.18. The number of rotatable bonds is 5. The van der Waals surface area contributed by atoms with E-state index in [1.807, 2.05) is 6.07 Å². The number of piperidine rings is 1. The fraction of sp³-hybridized carbons (Fsp3) is 0.500. The molecule has 4 rings (SSSR count). The van der Waals surface area contributed by atoms with Crippen LogP contribution in [-0.4, -0.2) is 31.2 Å². The van der Waals surface area contributed by atoms with Gasteiger partial charge in [0.05, 0.1) is 19.2 Å². The van der Waals surface area contributed by atoms with Crippen LogP contribution < -0.4 is 9.47 Å². The average molecular weight is 400 g/mol. The van der Waals surface area contributed by atoms with Crippen molar-refractivity contribution in [2.75, 3.05) is 14.2 Å². The number of halogens is 1. The van der Waals surface area contributed by atoms with Crippen LogP contribution in [0.4, 0.5) is 0 Å². The van der Waals surface area contributed by atoms with Crippen molar-refractivity contribution in [1.82, 2.24) is 4.90 Å². The largest absolute Gasteiger partial charge is 0.496 e. The van der Waals surface area contributed by atoms with E-state index in [1.165, 1.54) is 47.9 Å². The van der Waals surface area contributed by atoms with Gasteiger partial charge in [0, 0.05) is 18.6 Å². The Bertz CT molecular complexity index is 852. The molecule has 2 aromatic carbocycles. The second-order valence-electron chi connectivity index (χ2n) is 8.30. The van der Waals surface area contributed by atoms with Crippen molar-refractivity contribution in [3.05, 3.63) is 57.6 Å². The molecule has 3 nitrogen and oxygen atoms in total. The van der Waals surface area contributed by atoms with Crippen LogP contribution in [0.25, 0.3) is 0 Å². The normalized spacial score (nSPS) is 24.4. The van der Waals surface area contributed by atoms with Gasteiger partial charge in [-0.3, -0.25) is 4.90 Å². The molecule has 2 saturated heterocycles. The van der Waals surface area contributed by atoms with Gasteiger partial charge in [0.25, 0.3) is 0 Å². The van der Waals surface area contributed by atoms with Crippen LogP contribution in [0.5, 0.6) is 11.5 Å². The van der Waals surface area contributed by atoms with Gasteiger partial charge < -0.3 is 9.47 Å². The van der Waals surface area contributed by atoms with Crippen LogP contribution >= 0.6 is 11.6 Å². The Morgan fingerprint density at radius 3 is 2.25 bits per heavy atom. The molecule has 2 aliphatic rings. The molecule has 0 saturated carbocycles. The zero-order chi connectivity index (χ0) is 19.8. The first-order chi connectivity index (χ1) is 13.5.